The molecule has 3 aromatic rings. The third-order valence-corrected chi connectivity index (χ3v) is 4.05. The van der Waals surface area contributed by atoms with Gasteiger partial charge in [0.25, 0.3) is 5.91 Å². The molecule has 6 nitrogen and oxygen atoms in total. The van der Waals surface area contributed by atoms with Crippen LogP contribution < -0.4 is 15.7 Å². The van der Waals surface area contributed by atoms with Gasteiger partial charge in [0, 0.05) is 22.9 Å². The predicted octanol–water partition coefficient (Wildman–Crippen LogP) is 3.60. The van der Waals surface area contributed by atoms with Crippen LogP contribution in [0.3, 0.4) is 0 Å². The molecule has 0 unspecified atom stereocenters. The van der Waals surface area contributed by atoms with E-state index in [0.29, 0.717) is 21.9 Å². The van der Waals surface area contributed by atoms with Crippen molar-refractivity contribution in [3.63, 3.8) is 0 Å². The number of ether oxygens (including phenoxy) is 1. The third kappa shape index (κ3) is 3.46. The Bertz CT molecular complexity index is 959. The van der Waals surface area contributed by atoms with Crippen molar-refractivity contribution < 1.29 is 13.9 Å². The number of anilines is 1. The number of hydrogen-bond acceptors (Lipinski definition) is 6. The summed E-state index contributed by atoms with van der Waals surface area (Å²) in [5, 5.41) is 5.56. The lowest BCUT2D eigenvalue weighted by Crippen LogP contribution is -2.15. The topological polar surface area (TPSA) is 81.4 Å². The summed E-state index contributed by atoms with van der Waals surface area (Å²) in [4.78, 5) is 28.5. The van der Waals surface area contributed by atoms with Crippen molar-refractivity contribution >= 4 is 33.3 Å². The van der Waals surface area contributed by atoms with Gasteiger partial charge in [0.15, 0.2) is 5.13 Å². The summed E-state index contributed by atoms with van der Waals surface area (Å²) in [6.07, 6.45) is -0.00574. The number of fused-ring (bicyclic) bond motifs is 1. The Balaban J connectivity index is 2.00. The summed E-state index contributed by atoms with van der Waals surface area (Å²) in [5.41, 5.74) is 0.777. The van der Waals surface area contributed by atoms with Gasteiger partial charge in [-0.3, -0.25) is 10.1 Å². The summed E-state index contributed by atoms with van der Waals surface area (Å²) >= 11 is 1.33. The van der Waals surface area contributed by atoms with Gasteiger partial charge in [-0.15, -0.1) is 11.3 Å². The van der Waals surface area contributed by atoms with Crippen LogP contribution in [0, 0.1) is 6.92 Å². The third-order valence-electron chi connectivity index (χ3n) is 3.17. The van der Waals surface area contributed by atoms with Gasteiger partial charge in [-0.2, -0.15) is 0 Å². The minimum absolute atomic E-state index is 0.00574. The van der Waals surface area contributed by atoms with Gasteiger partial charge in [0.1, 0.15) is 11.3 Å². The maximum atomic E-state index is 12.5. The number of nitrogens with zero attached hydrogens (tertiary/aromatic N) is 1. The minimum Gasteiger partial charge on any atom is -0.491 e. The molecule has 0 aliphatic heterocycles. The highest BCUT2D eigenvalue weighted by molar-refractivity contribution is 7.13. The SMILES string of the molecule is Cc1csc(NC(=O)c2cc(=O)oc3cc(OC(C)C)ccc23)n1. The van der Waals surface area contributed by atoms with E-state index in [4.69, 9.17) is 9.15 Å². The molecule has 0 aliphatic carbocycles. The Morgan fingerprint density at radius 2 is 2.12 bits per heavy atom. The molecule has 0 fully saturated rings. The van der Waals surface area contributed by atoms with E-state index in [-0.39, 0.29) is 11.7 Å². The summed E-state index contributed by atoms with van der Waals surface area (Å²) in [6.45, 7) is 5.65. The lowest BCUT2D eigenvalue weighted by atomic mass is 10.1. The average molecular weight is 344 g/mol. The van der Waals surface area contributed by atoms with Gasteiger partial charge >= 0.3 is 5.63 Å². The molecule has 24 heavy (non-hydrogen) atoms. The van der Waals surface area contributed by atoms with Crippen molar-refractivity contribution in [2.75, 3.05) is 5.32 Å². The second kappa shape index (κ2) is 6.45. The first-order valence-electron chi connectivity index (χ1n) is 7.40. The first-order chi connectivity index (χ1) is 11.4. The van der Waals surface area contributed by atoms with E-state index in [0.717, 1.165) is 5.69 Å². The molecule has 2 heterocycles. The van der Waals surface area contributed by atoms with Gasteiger partial charge in [-0.05, 0) is 32.9 Å². The number of carbonyl (C=O) groups excluding carboxylic acids is 1. The lowest BCUT2D eigenvalue weighted by Gasteiger charge is -2.11. The van der Waals surface area contributed by atoms with E-state index in [2.05, 4.69) is 10.3 Å². The van der Waals surface area contributed by atoms with Crippen LogP contribution in [0.4, 0.5) is 5.13 Å². The highest BCUT2D eigenvalue weighted by atomic mass is 32.1. The number of hydrogen-bond donors (Lipinski definition) is 1. The van der Waals surface area contributed by atoms with Gasteiger partial charge in [-0.1, -0.05) is 0 Å². The number of aryl methyl sites for hydroxylation is 1. The molecule has 2 aromatic heterocycles. The van der Waals surface area contributed by atoms with Gasteiger partial charge in [0.05, 0.1) is 17.4 Å². The van der Waals surface area contributed by atoms with Crippen LogP contribution in [-0.4, -0.2) is 17.0 Å². The molecule has 0 saturated carbocycles. The van der Waals surface area contributed by atoms with E-state index < -0.39 is 11.5 Å². The molecule has 1 N–H and O–H groups in total. The molecule has 0 radical (unpaired) electrons. The van der Waals surface area contributed by atoms with Crippen LogP contribution in [0.1, 0.15) is 29.9 Å². The van der Waals surface area contributed by atoms with Crippen molar-refractivity contribution in [1.29, 1.82) is 0 Å². The van der Waals surface area contributed by atoms with Gasteiger partial charge in [0.2, 0.25) is 0 Å². The molecule has 0 atom stereocenters. The lowest BCUT2D eigenvalue weighted by molar-refractivity contribution is 0.102. The highest BCUT2D eigenvalue weighted by Gasteiger charge is 2.15. The largest absolute Gasteiger partial charge is 0.491 e. The minimum atomic E-state index is -0.593. The van der Waals surface area contributed by atoms with Crippen molar-refractivity contribution in [3.8, 4) is 5.75 Å². The van der Waals surface area contributed by atoms with E-state index in [9.17, 15) is 9.59 Å². The molecule has 0 bridgehead atoms. The predicted molar refractivity (Wildman–Crippen MR) is 93.1 cm³/mol. The van der Waals surface area contributed by atoms with E-state index in [1.165, 1.54) is 17.4 Å². The quantitative estimate of drug-likeness (QED) is 0.731. The summed E-state index contributed by atoms with van der Waals surface area (Å²) in [6, 6.07) is 6.24. The first-order valence-corrected chi connectivity index (χ1v) is 8.28. The number of carbonyl (C=O) groups is 1. The molecule has 0 aliphatic rings. The maximum absolute atomic E-state index is 12.5. The molecule has 0 spiro atoms. The second-order valence-electron chi connectivity index (χ2n) is 5.55. The van der Waals surface area contributed by atoms with Crippen LogP contribution >= 0.6 is 11.3 Å². The standard InChI is InChI=1S/C17H16N2O4S/c1-9(2)22-11-4-5-12-13(7-15(20)23-14(12)6-11)16(21)19-17-18-10(3)8-24-17/h4-9H,1-3H3,(H,18,19,21). The van der Waals surface area contributed by atoms with Crippen molar-refractivity contribution in [2.45, 2.75) is 26.9 Å². The number of nitrogens with one attached hydrogen (secondary N) is 1. The van der Waals surface area contributed by atoms with Crippen LogP contribution in [-0.2, 0) is 0 Å². The first kappa shape index (κ1) is 16.2. The maximum Gasteiger partial charge on any atom is 0.337 e. The van der Waals surface area contributed by atoms with Gasteiger partial charge < -0.3 is 9.15 Å². The zero-order valence-corrected chi connectivity index (χ0v) is 14.3. The zero-order chi connectivity index (χ0) is 17.3. The van der Waals surface area contributed by atoms with Gasteiger partial charge in [-0.25, -0.2) is 9.78 Å². The van der Waals surface area contributed by atoms with Crippen LogP contribution in [0.25, 0.3) is 11.0 Å². The van der Waals surface area contributed by atoms with Crippen LogP contribution in [0.2, 0.25) is 0 Å². The molecule has 3 rings (SSSR count). The monoisotopic (exact) mass is 344 g/mol. The molecule has 1 aromatic carbocycles. The summed E-state index contributed by atoms with van der Waals surface area (Å²) < 4.78 is 10.8. The van der Waals surface area contributed by atoms with E-state index in [1.54, 1.807) is 18.2 Å². The number of rotatable bonds is 4. The Labute approximate surface area is 142 Å². The van der Waals surface area contributed by atoms with E-state index in [1.807, 2.05) is 26.2 Å². The summed E-state index contributed by atoms with van der Waals surface area (Å²) in [5.74, 6) is 0.175. The normalized spacial score (nSPS) is 11.0. The Morgan fingerprint density at radius 1 is 1.33 bits per heavy atom. The Hall–Kier alpha value is -2.67. The molecular formula is C17H16N2O4S. The number of amides is 1. The van der Waals surface area contributed by atoms with Crippen molar-refractivity contribution in [3.05, 3.63) is 51.3 Å². The fourth-order valence-electron chi connectivity index (χ4n) is 2.25. The fourth-order valence-corrected chi connectivity index (χ4v) is 2.94. The number of aromatic nitrogens is 1. The average Bonchev–Trinajstić information content (AvgIpc) is 2.90. The Kier molecular flexibility index (Phi) is 4.35. The molecular weight excluding hydrogens is 328 g/mol. The van der Waals surface area contributed by atoms with Crippen molar-refractivity contribution in [1.82, 2.24) is 4.98 Å². The zero-order valence-electron chi connectivity index (χ0n) is 13.5. The second-order valence-corrected chi connectivity index (χ2v) is 6.41. The highest BCUT2D eigenvalue weighted by Crippen LogP contribution is 2.24. The number of benzene rings is 1. The molecule has 1 amide bonds. The van der Waals surface area contributed by atoms with Crippen LogP contribution in [0.15, 0.2) is 38.9 Å². The summed E-state index contributed by atoms with van der Waals surface area (Å²) in [7, 11) is 0. The fraction of sp³-hybridized carbons (Fsp3) is 0.235. The molecule has 124 valence electrons. The smallest absolute Gasteiger partial charge is 0.337 e. The van der Waals surface area contributed by atoms with Crippen LogP contribution in [0.5, 0.6) is 5.75 Å². The number of thiazole rings is 1. The Morgan fingerprint density at radius 3 is 2.79 bits per heavy atom. The van der Waals surface area contributed by atoms with Crippen molar-refractivity contribution in [2.24, 2.45) is 0 Å². The van der Waals surface area contributed by atoms with E-state index >= 15 is 0 Å². The molecule has 0 saturated heterocycles. The molecule has 7 heteroatoms.